The second-order valence-corrected chi connectivity index (χ2v) is 3.00. The molecular weight excluding hydrogens is 104 g/mol. The van der Waals surface area contributed by atoms with Crippen LogP contribution in [0.4, 0.5) is 0 Å². The minimum absolute atomic E-state index is 0. The standard InChI is InChI=1S/C3H8NP.Na.H/c4-3-1-2-5-3;;/h3,5H,1-2,4H2;;/q;+1;-1. The van der Waals surface area contributed by atoms with E-state index in [1.165, 1.54) is 12.6 Å². The summed E-state index contributed by atoms with van der Waals surface area (Å²) in [6.45, 7) is 0. The van der Waals surface area contributed by atoms with Crippen molar-refractivity contribution in [1.29, 1.82) is 0 Å². The number of rotatable bonds is 0. The molecule has 2 N–H and O–H groups in total. The summed E-state index contributed by atoms with van der Waals surface area (Å²) in [7, 11) is 1.07. The summed E-state index contributed by atoms with van der Waals surface area (Å²) in [6, 6.07) is 0. The van der Waals surface area contributed by atoms with Crippen LogP contribution in [-0.4, -0.2) is 11.9 Å². The molecule has 0 aromatic heterocycles. The monoisotopic (exact) mass is 113 g/mol. The van der Waals surface area contributed by atoms with E-state index in [1.54, 1.807) is 0 Å². The van der Waals surface area contributed by atoms with Crippen molar-refractivity contribution in [2.45, 2.75) is 12.2 Å². The molecule has 0 aromatic carbocycles. The largest absolute Gasteiger partial charge is 1.00 e. The number of hydrogen-bond acceptors (Lipinski definition) is 1. The molecule has 1 saturated heterocycles. The van der Waals surface area contributed by atoms with E-state index in [0.29, 0.717) is 5.78 Å². The molecule has 1 heterocycles. The van der Waals surface area contributed by atoms with Gasteiger partial charge in [0.25, 0.3) is 0 Å². The zero-order chi connectivity index (χ0) is 3.70. The van der Waals surface area contributed by atoms with Gasteiger partial charge in [0.2, 0.25) is 0 Å². The Kier molecular flexibility index (Phi) is 4.19. The maximum Gasteiger partial charge on any atom is 1.00 e. The number of nitrogens with two attached hydrogens (primary N) is 1. The molecule has 1 rings (SSSR count). The Hall–Kier alpha value is 1.39. The van der Waals surface area contributed by atoms with Gasteiger partial charge in [0, 0.05) is 5.78 Å². The van der Waals surface area contributed by atoms with E-state index < -0.39 is 0 Å². The Morgan fingerprint density at radius 3 is 2.17 bits per heavy atom. The zero-order valence-electron chi connectivity index (χ0n) is 5.07. The molecule has 0 amide bonds. The summed E-state index contributed by atoms with van der Waals surface area (Å²) in [5.74, 6) is 0.593. The van der Waals surface area contributed by atoms with E-state index >= 15 is 0 Å². The van der Waals surface area contributed by atoms with E-state index in [2.05, 4.69) is 0 Å². The molecule has 0 saturated carbocycles. The molecule has 2 unspecified atom stereocenters. The fourth-order valence-corrected chi connectivity index (χ4v) is 0.933. The zero-order valence-corrected chi connectivity index (χ0v) is 7.07. The van der Waals surface area contributed by atoms with Crippen molar-refractivity contribution in [3.63, 3.8) is 0 Å². The molecule has 0 aromatic rings. The van der Waals surface area contributed by atoms with Crippen LogP contribution < -0.4 is 35.3 Å². The molecule has 0 spiro atoms. The minimum Gasteiger partial charge on any atom is -1.00 e. The first-order chi connectivity index (χ1) is 2.39. The molecule has 3 heteroatoms. The van der Waals surface area contributed by atoms with E-state index in [9.17, 15) is 0 Å². The SMILES string of the molecule is NC1CCP1.[H-].[Na+]. The second kappa shape index (κ2) is 3.40. The Labute approximate surface area is 63.6 Å². The first kappa shape index (κ1) is 7.39. The van der Waals surface area contributed by atoms with Crippen molar-refractivity contribution in [2.24, 2.45) is 5.73 Å². The first-order valence-corrected chi connectivity index (χ1v) is 3.17. The van der Waals surface area contributed by atoms with Crippen molar-refractivity contribution < 1.29 is 31.0 Å². The normalized spacial score (nSPS) is 34.5. The molecule has 0 bridgehead atoms. The molecule has 1 aliphatic heterocycles. The van der Waals surface area contributed by atoms with Crippen LogP contribution in [0.3, 0.4) is 0 Å². The van der Waals surface area contributed by atoms with Crippen LogP contribution in [0.2, 0.25) is 0 Å². The predicted octanol–water partition coefficient (Wildman–Crippen LogP) is -2.53. The van der Waals surface area contributed by atoms with Gasteiger partial charge in [-0.2, -0.15) is 0 Å². The molecule has 1 aliphatic rings. The van der Waals surface area contributed by atoms with Crippen LogP contribution in [0.25, 0.3) is 0 Å². The third-order valence-corrected chi connectivity index (χ3v) is 2.25. The second-order valence-electron chi connectivity index (χ2n) is 1.35. The van der Waals surface area contributed by atoms with Crippen LogP contribution in [0.15, 0.2) is 0 Å². The first-order valence-electron chi connectivity index (χ1n) is 1.88. The molecular formula is C3H9NNaP. The van der Waals surface area contributed by atoms with Gasteiger partial charge in [-0.25, -0.2) is 0 Å². The number of hydrogen-bond donors (Lipinski definition) is 1. The van der Waals surface area contributed by atoms with Crippen molar-refractivity contribution in [3.8, 4) is 0 Å². The van der Waals surface area contributed by atoms with Gasteiger partial charge >= 0.3 is 29.6 Å². The molecule has 2 atom stereocenters. The van der Waals surface area contributed by atoms with Crippen molar-refractivity contribution in [1.82, 2.24) is 0 Å². The maximum atomic E-state index is 5.39. The van der Waals surface area contributed by atoms with Gasteiger partial charge in [0.1, 0.15) is 0 Å². The van der Waals surface area contributed by atoms with Crippen LogP contribution in [0, 0.1) is 0 Å². The Morgan fingerprint density at radius 1 is 1.83 bits per heavy atom. The molecule has 1 fully saturated rings. The van der Waals surface area contributed by atoms with E-state index in [4.69, 9.17) is 5.73 Å². The van der Waals surface area contributed by atoms with E-state index in [-0.39, 0.29) is 31.0 Å². The fourth-order valence-electron chi connectivity index (χ4n) is 0.311. The summed E-state index contributed by atoms with van der Waals surface area (Å²) < 4.78 is 0. The van der Waals surface area contributed by atoms with Gasteiger partial charge in [0.15, 0.2) is 0 Å². The molecule has 1 nitrogen and oxygen atoms in total. The fraction of sp³-hybridized carbons (Fsp3) is 1.00. The maximum absolute atomic E-state index is 5.39. The van der Waals surface area contributed by atoms with Crippen LogP contribution in [0.5, 0.6) is 0 Å². The van der Waals surface area contributed by atoms with Crippen molar-refractivity contribution >= 4 is 8.58 Å². The summed E-state index contributed by atoms with van der Waals surface area (Å²) >= 11 is 0. The molecule has 0 radical (unpaired) electrons. The van der Waals surface area contributed by atoms with Gasteiger partial charge in [0.05, 0.1) is 0 Å². The topological polar surface area (TPSA) is 26.0 Å². The predicted molar refractivity (Wildman–Crippen MR) is 26.9 cm³/mol. The van der Waals surface area contributed by atoms with Gasteiger partial charge in [-0.3, -0.25) is 0 Å². The quantitative estimate of drug-likeness (QED) is 0.272. The smallest absolute Gasteiger partial charge is 1.00 e. The van der Waals surface area contributed by atoms with Crippen LogP contribution in [-0.2, 0) is 0 Å². The Bertz CT molecular complexity index is 41.9. The Morgan fingerprint density at radius 2 is 2.17 bits per heavy atom. The molecule has 0 aliphatic carbocycles. The van der Waals surface area contributed by atoms with Crippen molar-refractivity contribution in [3.05, 3.63) is 0 Å². The average Bonchev–Trinajstić information content (AvgIpc) is 1.30. The summed E-state index contributed by atoms with van der Waals surface area (Å²) in [4.78, 5) is 0. The summed E-state index contributed by atoms with van der Waals surface area (Å²) in [5, 5.41) is 0. The third-order valence-electron chi connectivity index (χ3n) is 0.862. The van der Waals surface area contributed by atoms with E-state index in [0.717, 1.165) is 8.58 Å². The molecule has 6 heavy (non-hydrogen) atoms. The minimum atomic E-state index is 0. The third kappa shape index (κ3) is 1.90. The van der Waals surface area contributed by atoms with Gasteiger partial charge in [-0.15, -0.1) is 8.58 Å². The van der Waals surface area contributed by atoms with Crippen molar-refractivity contribution in [2.75, 3.05) is 6.16 Å². The van der Waals surface area contributed by atoms with Gasteiger partial charge in [-0.05, 0) is 12.6 Å². The van der Waals surface area contributed by atoms with Gasteiger partial charge in [-0.1, -0.05) is 0 Å². The van der Waals surface area contributed by atoms with Crippen LogP contribution in [0.1, 0.15) is 7.85 Å². The van der Waals surface area contributed by atoms with Gasteiger partial charge < -0.3 is 7.16 Å². The average molecular weight is 113 g/mol. The summed E-state index contributed by atoms with van der Waals surface area (Å²) in [5.41, 5.74) is 5.39. The molecule has 32 valence electrons. The Balaban J connectivity index is 0. The van der Waals surface area contributed by atoms with E-state index in [1.807, 2.05) is 0 Å². The summed E-state index contributed by atoms with van der Waals surface area (Å²) in [6.07, 6.45) is 2.67. The van der Waals surface area contributed by atoms with Crippen LogP contribution >= 0.6 is 8.58 Å².